The van der Waals surface area contributed by atoms with Gasteiger partial charge in [0.1, 0.15) is 5.41 Å². The average molecular weight is 231 g/mol. The Hall–Kier alpha value is -2.24. The van der Waals surface area contributed by atoms with Gasteiger partial charge in [0.25, 0.3) is 5.91 Å². The van der Waals surface area contributed by atoms with Gasteiger partial charge < -0.3 is 0 Å². The molecule has 0 unspecified atom stereocenters. The number of pyridine rings is 1. The molecule has 4 amide bonds. The highest BCUT2D eigenvalue weighted by Crippen LogP contribution is 2.49. The lowest BCUT2D eigenvalue weighted by Crippen LogP contribution is -2.59. The molecule has 2 heterocycles. The Morgan fingerprint density at radius 2 is 2.06 bits per heavy atom. The Kier molecular flexibility index (Phi) is 1.83. The van der Waals surface area contributed by atoms with Crippen LogP contribution in [0, 0.1) is 5.41 Å². The van der Waals surface area contributed by atoms with Crippen molar-refractivity contribution in [2.45, 2.75) is 12.8 Å². The highest BCUT2D eigenvalue weighted by atomic mass is 16.2. The predicted octanol–water partition coefficient (Wildman–Crippen LogP) is 0.445. The summed E-state index contributed by atoms with van der Waals surface area (Å²) in [6.07, 6.45) is 3.97. The molecule has 1 aliphatic heterocycles. The lowest BCUT2D eigenvalue weighted by atomic mass is 10.0. The van der Waals surface area contributed by atoms with E-state index >= 15 is 0 Å². The highest BCUT2D eigenvalue weighted by Gasteiger charge is 2.62. The lowest BCUT2D eigenvalue weighted by Gasteiger charge is -2.29. The van der Waals surface area contributed by atoms with Gasteiger partial charge in [0, 0.05) is 6.20 Å². The second-order valence-electron chi connectivity index (χ2n) is 4.19. The Morgan fingerprint density at radius 3 is 2.65 bits per heavy atom. The third-order valence-corrected chi connectivity index (χ3v) is 3.12. The first-order valence-electron chi connectivity index (χ1n) is 5.25. The number of anilines is 1. The quantitative estimate of drug-likeness (QED) is 0.711. The minimum absolute atomic E-state index is 0.383. The normalized spacial score (nSPS) is 21.6. The summed E-state index contributed by atoms with van der Waals surface area (Å²) < 4.78 is 0. The first-order valence-corrected chi connectivity index (χ1v) is 5.25. The summed E-state index contributed by atoms with van der Waals surface area (Å²) in [6.45, 7) is 0. The highest BCUT2D eigenvalue weighted by molar-refractivity contribution is 6.31. The summed E-state index contributed by atoms with van der Waals surface area (Å²) in [5.41, 5.74) is -0.627. The molecule has 1 aliphatic carbocycles. The molecule has 1 aromatic heterocycles. The minimum atomic E-state index is -1.01. The Morgan fingerprint density at radius 1 is 1.29 bits per heavy atom. The fourth-order valence-corrected chi connectivity index (χ4v) is 1.96. The maximum absolute atomic E-state index is 12.1. The molecule has 1 saturated heterocycles. The van der Waals surface area contributed by atoms with Gasteiger partial charge >= 0.3 is 6.03 Å². The number of hydrogen-bond acceptors (Lipinski definition) is 4. The molecule has 0 atom stereocenters. The predicted molar refractivity (Wildman–Crippen MR) is 56.9 cm³/mol. The van der Waals surface area contributed by atoms with Gasteiger partial charge in [-0.3, -0.25) is 19.9 Å². The zero-order chi connectivity index (χ0) is 12.0. The van der Waals surface area contributed by atoms with Gasteiger partial charge in [0.05, 0.1) is 11.9 Å². The van der Waals surface area contributed by atoms with E-state index in [0.717, 1.165) is 4.90 Å². The van der Waals surface area contributed by atoms with Crippen molar-refractivity contribution in [1.82, 2.24) is 10.3 Å². The second-order valence-corrected chi connectivity index (χ2v) is 4.19. The molecular formula is C11H9N3O3. The van der Waals surface area contributed by atoms with Crippen molar-refractivity contribution in [3.63, 3.8) is 0 Å². The van der Waals surface area contributed by atoms with E-state index in [1.807, 2.05) is 0 Å². The van der Waals surface area contributed by atoms with Gasteiger partial charge in [-0.2, -0.15) is 0 Å². The maximum Gasteiger partial charge on any atom is 0.335 e. The average Bonchev–Trinajstić information content (AvgIpc) is 3.10. The number of rotatable bonds is 1. The molecule has 1 N–H and O–H groups in total. The number of nitrogens with zero attached hydrogens (tertiary/aromatic N) is 2. The molecule has 1 spiro atoms. The molecule has 0 aromatic carbocycles. The standard InChI is InChI=1S/C11H9N3O3/c15-8-11(3-4-11)9(16)14(10(17)13-8)7-2-1-5-12-6-7/h1-2,5-6H,3-4H2,(H,13,15,17). The molecule has 0 radical (unpaired) electrons. The van der Waals surface area contributed by atoms with Crippen LogP contribution in [0.5, 0.6) is 0 Å². The summed E-state index contributed by atoms with van der Waals surface area (Å²) in [5, 5.41) is 2.21. The molecule has 1 aromatic rings. The zero-order valence-corrected chi connectivity index (χ0v) is 8.84. The molecule has 2 fully saturated rings. The minimum Gasteiger partial charge on any atom is -0.276 e. The van der Waals surface area contributed by atoms with Crippen LogP contribution in [0.2, 0.25) is 0 Å². The number of barbiturate groups is 1. The van der Waals surface area contributed by atoms with E-state index in [4.69, 9.17) is 0 Å². The van der Waals surface area contributed by atoms with Gasteiger partial charge in [-0.25, -0.2) is 9.69 Å². The van der Waals surface area contributed by atoms with Gasteiger partial charge in [0.2, 0.25) is 5.91 Å². The molecule has 6 heteroatoms. The Balaban J connectivity index is 2.02. The molecule has 3 rings (SSSR count). The molecule has 17 heavy (non-hydrogen) atoms. The molecule has 1 saturated carbocycles. The largest absolute Gasteiger partial charge is 0.335 e. The fourth-order valence-electron chi connectivity index (χ4n) is 1.96. The summed E-state index contributed by atoms with van der Waals surface area (Å²) in [4.78, 5) is 40.2. The first kappa shape index (κ1) is 9.95. The van der Waals surface area contributed by atoms with Crippen LogP contribution in [-0.4, -0.2) is 22.8 Å². The van der Waals surface area contributed by atoms with Crippen molar-refractivity contribution >= 4 is 23.5 Å². The van der Waals surface area contributed by atoms with Crippen LogP contribution in [0.3, 0.4) is 0 Å². The van der Waals surface area contributed by atoms with E-state index in [1.54, 1.807) is 18.3 Å². The summed E-state index contributed by atoms with van der Waals surface area (Å²) >= 11 is 0. The van der Waals surface area contributed by atoms with Crippen molar-refractivity contribution < 1.29 is 14.4 Å². The van der Waals surface area contributed by atoms with Gasteiger partial charge in [-0.05, 0) is 25.0 Å². The lowest BCUT2D eigenvalue weighted by molar-refractivity contribution is -0.136. The monoisotopic (exact) mass is 231 g/mol. The third-order valence-electron chi connectivity index (χ3n) is 3.12. The van der Waals surface area contributed by atoms with E-state index in [0.29, 0.717) is 18.5 Å². The van der Waals surface area contributed by atoms with E-state index in [9.17, 15) is 14.4 Å². The van der Waals surface area contributed by atoms with Crippen molar-refractivity contribution in [2.75, 3.05) is 4.90 Å². The number of urea groups is 1. The van der Waals surface area contributed by atoms with Crippen molar-refractivity contribution in [3.05, 3.63) is 24.5 Å². The summed E-state index contributed by atoms with van der Waals surface area (Å²) in [5.74, 6) is -0.924. The number of nitrogens with one attached hydrogen (secondary N) is 1. The fraction of sp³-hybridized carbons (Fsp3) is 0.273. The number of amides is 4. The van der Waals surface area contributed by atoms with Gasteiger partial charge in [-0.1, -0.05) is 0 Å². The van der Waals surface area contributed by atoms with Crippen LogP contribution in [0.1, 0.15) is 12.8 Å². The van der Waals surface area contributed by atoms with Crippen LogP contribution in [0.4, 0.5) is 10.5 Å². The van der Waals surface area contributed by atoms with Crippen LogP contribution in [-0.2, 0) is 9.59 Å². The van der Waals surface area contributed by atoms with E-state index < -0.39 is 23.3 Å². The van der Waals surface area contributed by atoms with Crippen LogP contribution < -0.4 is 10.2 Å². The van der Waals surface area contributed by atoms with Crippen molar-refractivity contribution in [3.8, 4) is 0 Å². The zero-order valence-electron chi connectivity index (χ0n) is 8.84. The van der Waals surface area contributed by atoms with Gasteiger partial charge in [-0.15, -0.1) is 0 Å². The summed E-state index contributed by atoms with van der Waals surface area (Å²) in [6, 6.07) is 2.54. The van der Waals surface area contributed by atoms with Crippen LogP contribution >= 0.6 is 0 Å². The Labute approximate surface area is 96.6 Å². The molecular weight excluding hydrogens is 222 g/mol. The number of aromatic nitrogens is 1. The molecule has 6 nitrogen and oxygen atoms in total. The van der Waals surface area contributed by atoms with Crippen LogP contribution in [0.25, 0.3) is 0 Å². The van der Waals surface area contributed by atoms with Crippen molar-refractivity contribution in [1.29, 1.82) is 0 Å². The third kappa shape index (κ3) is 1.27. The molecule has 2 aliphatic rings. The number of carbonyl (C=O) groups excluding carboxylic acids is 3. The number of hydrogen-bond donors (Lipinski definition) is 1. The van der Waals surface area contributed by atoms with Gasteiger partial charge in [0.15, 0.2) is 0 Å². The smallest absolute Gasteiger partial charge is 0.276 e. The molecule has 0 bridgehead atoms. The topological polar surface area (TPSA) is 79.4 Å². The molecule has 86 valence electrons. The second kappa shape index (κ2) is 3.13. The SMILES string of the molecule is O=C1NC(=O)C2(CC2)C(=O)N1c1cccnc1. The summed E-state index contributed by atoms with van der Waals surface area (Å²) in [7, 11) is 0. The first-order chi connectivity index (χ1) is 8.15. The van der Waals surface area contributed by atoms with Crippen molar-refractivity contribution in [2.24, 2.45) is 5.41 Å². The van der Waals surface area contributed by atoms with Crippen LogP contribution in [0.15, 0.2) is 24.5 Å². The number of carbonyl (C=O) groups is 3. The Bertz CT molecular complexity index is 522. The van der Waals surface area contributed by atoms with E-state index in [1.165, 1.54) is 6.20 Å². The maximum atomic E-state index is 12.1. The number of imide groups is 2. The van der Waals surface area contributed by atoms with E-state index in [2.05, 4.69) is 10.3 Å². The van der Waals surface area contributed by atoms with E-state index in [-0.39, 0.29) is 0 Å².